The van der Waals surface area contributed by atoms with Crippen LogP contribution in [0.5, 0.6) is 0 Å². The third-order valence-electron chi connectivity index (χ3n) is 2.81. The molecule has 1 aromatic carbocycles. The Bertz CT molecular complexity index is 617. The third-order valence-corrected chi connectivity index (χ3v) is 4.04. The average molecular weight is 343 g/mol. The number of hydrogen-bond acceptors (Lipinski definition) is 5. The fourth-order valence-corrected chi connectivity index (χ4v) is 2.57. The van der Waals surface area contributed by atoms with Gasteiger partial charge in [-0.05, 0) is 46.2 Å². The second-order valence-corrected chi connectivity index (χ2v) is 7.81. The fraction of sp³-hybridized carbons (Fsp3) is 0.562. The lowest BCUT2D eigenvalue weighted by molar-refractivity contribution is -0.0689. The Morgan fingerprint density at radius 3 is 2.22 bits per heavy atom. The number of unbranched alkanes of at least 4 members (excludes halogenated alkanes) is 1. The van der Waals surface area contributed by atoms with Crippen LogP contribution in [-0.4, -0.2) is 31.7 Å². The molecule has 0 spiro atoms. The molecule has 6 nitrogen and oxygen atoms in total. The van der Waals surface area contributed by atoms with Crippen LogP contribution in [0, 0.1) is 6.92 Å². The molecule has 0 radical (unpaired) electrons. The molecule has 0 bridgehead atoms. The minimum Gasteiger partial charge on any atom is -0.442 e. The largest absolute Gasteiger partial charge is 0.442 e. The maximum atomic E-state index is 12.3. The Hall–Kier alpha value is -1.60. The number of hydrogen-bond donors (Lipinski definition) is 0. The van der Waals surface area contributed by atoms with Gasteiger partial charge in [0.15, 0.2) is 0 Å². The zero-order chi connectivity index (χ0) is 17.7. The van der Waals surface area contributed by atoms with E-state index in [1.54, 1.807) is 32.9 Å². The number of rotatable bonds is 6. The van der Waals surface area contributed by atoms with Gasteiger partial charge in [0, 0.05) is 0 Å². The van der Waals surface area contributed by atoms with Gasteiger partial charge in [0.25, 0.3) is 0 Å². The normalized spacial score (nSPS) is 12.0. The van der Waals surface area contributed by atoms with Crippen LogP contribution < -0.4 is 0 Å². The standard InChI is InChI=1S/C16H25NO5S/c1-6-7-12-17(15(18)21-16(3,4)5)22-23(19,20)14-10-8-13(2)9-11-14/h8-11H,6-7,12H2,1-5H3. The number of carbonyl (C=O) groups excluding carboxylic acids is 1. The van der Waals surface area contributed by atoms with E-state index in [0.29, 0.717) is 6.42 Å². The van der Waals surface area contributed by atoms with Crippen molar-refractivity contribution < 1.29 is 22.2 Å². The van der Waals surface area contributed by atoms with Crippen LogP contribution in [-0.2, 0) is 19.1 Å². The molecule has 0 heterocycles. The number of hydroxylamine groups is 2. The molecule has 0 aromatic heterocycles. The number of benzene rings is 1. The van der Waals surface area contributed by atoms with Crippen LogP contribution in [0.3, 0.4) is 0 Å². The van der Waals surface area contributed by atoms with E-state index in [1.807, 2.05) is 13.8 Å². The van der Waals surface area contributed by atoms with Crippen LogP contribution in [0.2, 0.25) is 0 Å². The van der Waals surface area contributed by atoms with E-state index in [0.717, 1.165) is 17.0 Å². The zero-order valence-electron chi connectivity index (χ0n) is 14.3. The lowest BCUT2D eigenvalue weighted by Crippen LogP contribution is -2.39. The Labute approximate surface area is 138 Å². The molecule has 7 heteroatoms. The third kappa shape index (κ3) is 6.58. The van der Waals surface area contributed by atoms with Gasteiger partial charge in [0.1, 0.15) is 5.60 Å². The summed E-state index contributed by atoms with van der Waals surface area (Å²) in [5, 5.41) is 0.768. The molecular formula is C16H25NO5S. The first-order chi connectivity index (χ1) is 10.5. The number of carbonyl (C=O) groups is 1. The Morgan fingerprint density at radius 2 is 1.74 bits per heavy atom. The topological polar surface area (TPSA) is 72.9 Å². The Kier molecular flexibility index (Phi) is 6.58. The molecule has 23 heavy (non-hydrogen) atoms. The van der Waals surface area contributed by atoms with Crippen molar-refractivity contribution >= 4 is 16.2 Å². The van der Waals surface area contributed by atoms with E-state index >= 15 is 0 Å². The molecule has 0 saturated carbocycles. The molecule has 130 valence electrons. The molecule has 0 N–H and O–H groups in total. The molecular weight excluding hydrogens is 318 g/mol. The first-order valence-corrected chi connectivity index (χ1v) is 8.98. The van der Waals surface area contributed by atoms with Crippen molar-refractivity contribution in [2.75, 3.05) is 6.54 Å². The van der Waals surface area contributed by atoms with E-state index < -0.39 is 21.8 Å². The minimum absolute atomic E-state index is 0.00634. The quantitative estimate of drug-likeness (QED) is 0.737. The monoisotopic (exact) mass is 343 g/mol. The molecule has 1 amide bonds. The highest BCUT2D eigenvalue weighted by molar-refractivity contribution is 7.86. The van der Waals surface area contributed by atoms with Gasteiger partial charge >= 0.3 is 16.2 Å². The molecule has 0 aliphatic heterocycles. The number of ether oxygens (including phenoxy) is 1. The average Bonchev–Trinajstić information content (AvgIpc) is 2.42. The summed E-state index contributed by atoms with van der Waals surface area (Å²) in [7, 11) is -4.08. The Morgan fingerprint density at radius 1 is 1.17 bits per heavy atom. The maximum absolute atomic E-state index is 12.3. The van der Waals surface area contributed by atoms with Gasteiger partial charge in [-0.15, -0.1) is 4.28 Å². The van der Waals surface area contributed by atoms with Gasteiger partial charge in [-0.1, -0.05) is 31.0 Å². The highest BCUT2D eigenvalue weighted by Crippen LogP contribution is 2.17. The summed E-state index contributed by atoms with van der Waals surface area (Å²) in [6.07, 6.45) is 0.567. The zero-order valence-corrected chi connectivity index (χ0v) is 15.1. The van der Waals surface area contributed by atoms with Gasteiger partial charge in [-0.25, -0.2) is 4.79 Å². The van der Waals surface area contributed by atoms with Gasteiger partial charge in [-0.3, -0.25) is 0 Å². The molecule has 1 rings (SSSR count). The molecule has 1 aromatic rings. The first-order valence-electron chi connectivity index (χ1n) is 7.57. The predicted molar refractivity (Wildman–Crippen MR) is 87.3 cm³/mol. The lowest BCUT2D eigenvalue weighted by Gasteiger charge is -2.26. The number of nitrogens with zero attached hydrogens (tertiary/aromatic N) is 1. The second-order valence-electron chi connectivity index (χ2n) is 6.28. The number of aryl methyl sites for hydroxylation is 1. The SMILES string of the molecule is CCCCN(OS(=O)(=O)c1ccc(C)cc1)C(=O)OC(C)(C)C. The Balaban J connectivity index is 2.95. The van der Waals surface area contributed by atoms with Crippen molar-refractivity contribution in [2.24, 2.45) is 0 Å². The van der Waals surface area contributed by atoms with E-state index in [4.69, 9.17) is 9.02 Å². The van der Waals surface area contributed by atoms with Gasteiger partial charge in [0.2, 0.25) is 0 Å². The van der Waals surface area contributed by atoms with Crippen LogP contribution in [0.25, 0.3) is 0 Å². The fourth-order valence-electron chi connectivity index (χ4n) is 1.64. The van der Waals surface area contributed by atoms with Crippen LogP contribution in [0.1, 0.15) is 46.1 Å². The molecule has 0 saturated heterocycles. The van der Waals surface area contributed by atoms with Crippen molar-refractivity contribution in [1.82, 2.24) is 5.06 Å². The molecule has 0 aliphatic carbocycles. The van der Waals surface area contributed by atoms with Crippen molar-refractivity contribution in [3.63, 3.8) is 0 Å². The predicted octanol–water partition coefficient (Wildman–Crippen LogP) is 3.65. The molecule has 0 atom stereocenters. The summed E-state index contributed by atoms with van der Waals surface area (Å²) < 4.78 is 34.8. The van der Waals surface area contributed by atoms with E-state index in [-0.39, 0.29) is 11.4 Å². The van der Waals surface area contributed by atoms with Gasteiger partial charge in [-0.2, -0.15) is 13.5 Å². The second kappa shape index (κ2) is 7.79. The highest BCUT2D eigenvalue weighted by Gasteiger charge is 2.28. The van der Waals surface area contributed by atoms with E-state index in [1.165, 1.54) is 12.1 Å². The van der Waals surface area contributed by atoms with Gasteiger partial charge in [0.05, 0.1) is 11.4 Å². The minimum atomic E-state index is -4.08. The lowest BCUT2D eigenvalue weighted by atomic mass is 10.2. The van der Waals surface area contributed by atoms with Crippen molar-refractivity contribution in [3.05, 3.63) is 29.8 Å². The highest BCUT2D eigenvalue weighted by atomic mass is 32.2. The first kappa shape index (κ1) is 19.4. The van der Waals surface area contributed by atoms with Crippen LogP contribution in [0.15, 0.2) is 29.2 Å². The van der Waals surface area contributed by atoms with Crippen LogP contribution >= 0.6 is 0 Å². The maximum Gasteiger partial charge on any atom is 0.435 e. The number of amides is 1. The summed E-state index contributed by atoms with van der Waals surface area (Å²) in [4.78, 5) is 12.1. The van der Waals surface area contributed by atoms with E-state index in [9.17, 15) is 13.2 Å². The summed E-state index contributed by atoms with van der Waals surface area (Å²) >= 11 is 0. The van der Waals surface area contributed by atoms with Crippen molar-refractivity contribution in [2.45, 2.75) is 58.0 Å². The summed E-state index contributed by atoms with van der Waals surface area (Å²) in [6.45, 7) is 9.04. The summed E-state index contributed by atoms with van der Waals surface area (Å²) in [6, 6.07) is 6.22. The molecule has 0 aliphatic rings. The van der Waals surface area contributed by atoms with E-state index in [2.05, 4.69) is 0 Å². The summed E-state index contributed by atoms with van der Waals surface area (Å²) in [5.41, 5.74) is 0.192. The molecule has 0 fully saturated rings. The smallest absolute Gasteiger partial charge is 0.435 e. The van der Waals surface area contributed by atoms with Crippen molar-refractivity contribution in [1.29, 1.82) is 0 Å². The van der Waals surface area contributed by atoms with Gasteiger partial charge < -0.3 is 4.74 Å². The summed E-state index contributed by atoms with van der Waals surface area (Å²) in [5.74, 6) is 0. The van der Waals surface area contributed by atoms with Crippen molar-refractivity contribution in [3.8, 4) is 0 Å². The van der Waals surface area contributed by atoms with Crippen LogP contribution in [0.4, 0.5) is 4.79 Å². The molecule has 0 unspecified atom stereocenters.